The molecule has 2 N–H and O–H groups in total. The van der Waals surface area contributed by atoms with Gasteiger partial charge in [-0.25, -0.2) is 0 Å². The molecular formula is C29H46O4. The van der Waals surface area contributed by atoms with Crippen molar-refractivity contribution in [2.45, 2.75) is 105 Å². The minimum atomic E-state index is -0.454. The Morgan fingerprint density at radius 1 is 1.15 bits per heavy atom. The molecule has 0 aliphatic heterocycles. The van der Waals surface area contributed by atoms with Gasteiger partial charge < -0.3 is 14.9 Å². The molecule has 4 aliphatic carbocycles. The second-order valence-corrected chi connectivity index (χ2v) is 12.4. The van der Waals surface area contributed by atoms with E-state index in [0.717, 1.165) is 31.3 Å². The van der Waals surface area contributed by atoms with E-state index in [4.69, 9.17) is 4.74 Å². The van der Waals surface area contributed by atoms with Crippen LogP contribution in [0, 0.1) is 40.4 Å². The topological polar surface area (TPSA) is 66.8 Å². The first-order valence-electron chi connectivity index (χ1n) is 13.4. The lowest BCUT2D eigenvalue weighted by Gasteiger charge is -2.60. The van der Waals surface area contributed by atoms with E-state index in [1.807, 2.05) is 0 Å². The fraction of sp³-hybridized carbons (Fsp3) is 0.828. The molecule has 4 heteroatoms. The third-order valence-corrected chi connectivity index (χ3v) is 10.3. The van der Waals surface area contributed by atoms with Crippen LogP contribution in [0.5, 0.6) is 0 Å². The highest BCUT2D eigenvalue weighted by molar-refractivity contribution is 5.66. The largest absolute Gasteiger partial charge is 0.465 e. The van der Waals surface area contributed by atoms with Crippen molar-refractivity contribution in [3.05, 3.63) is 23.3 Å². The van der Waals surface area contributed by atoms with Crippen LogP contribution in [-0.2, 0) is 9.53 Å². The van der Waals surface area contributed by atoms with Crippen molar-refractivity contribution in [2.24, 2.45) is 40.4 Å². The van der Waals surface area contributed by atoms with Gasteiger partial charge in [-0.1, -0.05) is 37.1 Å². The lowest BCUT2D eigenvalue weighted by Crippen LogP contribution is -2.57. The van der Waals surface area contributed by atoms with Gasteiger partial charge in [0, 0.05) is 12.3 Å². The van der Waals surface area contributed by atoms with Crippen molar-refractivity contribution < 1.29 is 19.7 Å². The van der Waals surface area contributed by atoms with Gasteiger partial charge in [0.15, 0.2) is 0 Å². The van der Waals surface area contributed by atoms with Crippen LogP contribution < -0.4 is 0 Å². The van der Waals surface area contributed by atoms with Crippen LogP contribution in [0.25, 0.3) is 0 Å². The van der Waals surface area contributed by atoms with Gasteiger partial charge in [-0.15, -0.1) is 0 Å². The Kier molecular flexibility index (Phi) is 7.18. The molecule has 0 amide bonds. The Balaban J connectivity index is 1.60. The number of ether oxygens (including phenoxy) is 1. The Labute approximate surface area is 200 Å². The van der Waals surface area contributed by atoms with E-state index in [0.29, 0.717) is 36.7 Å². The zero-order valence-electron chi connectivity index (χ0n) is 21.5. The summed E-state index contributed by atoms with van der Waals surface area (Å²) >= 11 is 0. The Morgan fingerprint density at radius 2 is 1.91 bits per heavy atom. The fourth-order valence-corrected chi connectivity index (χ4v) is 8.75. The molecule has 4 nitrogen and oxygen atoms in total. The highest BCUT2D eigenvalue weighted by atomic mass is 16.5. The van der Waals surface area contributed by atoms with Gasteiger partial charge in [0.05, 0.1) is 12.2 Å². The standard InChI is InChI=1S/C29H46O4/c1-18(2)7-6-8-19(3)23-9-10-24-27-25(12-13-28(23,24)5)29(17-33-20(4)30)14-11-22(31)15-21(29)16-26(27)32/h7,16,19,22-27,31-32H,6,8-15,17H2,1-5H3/t19-,22+,23-,24+,25+,26+,27+,28-,29-/m1/s1. The average Bonchev–Trinajstić information content (AvgIpc) is 3.09. The first-order chi connectivity index (χ1) is 15.6. The number of carbonyl (C=O) groups excluding carboxylic acids is 1. The molecule has 3 saturated carbocycles. The molecule has 0 bridgehead atoms. The zero-order valence-corrected chi connectivity index (χ0v) is 21.5. The first kappa shape index (κ1) is 25.0. The van der Waals surface area contributed by atoms with E-state index in [1.54, 1.807) is 0 Å². The second kappa shape index (κ2) is 9.49. The van der Waals surface area contributed by atoms with Crippen molar-refractivity contribution in [1.29, 1.82) is 0 Å². The van der Waals surface area contributed by atoms with Crippen molar-refractivity contribution in [3.8, 4) is 0 Å². The zero-order chi connectivity index (χ0) is 24.0. The fourth-order valence-electron chi connectivity index (χ4n) is 8.75. The van der Waals surface area contributed by atoms with Gasteiger partial charge in [-0.3, -0.25) is 4.79 Å². The SMILES string of the molecule is CC(=O)OC[C@]12CC[C@H](O)CC1=C[C@H](O)[C@@H]1[C@@H]2CC[C@]2(C)[C@@H]([C@H](C)CCC=C(C)C)CC[C@@H]12. The molecule has 0 heterocycles. The number of aliphatic hydroxyl groups excluding tert-OH is 2. The maximum atomic E-state index is 11.8. The van der Waals surface area contributed by atoms with Crippen LogP contribution in [0.15, 0.2) is 23.3 Å². The molecule has 0 unspecified atom stereocenters. The maximum absolute atomic E-state index is 11.8. The first-order valence-corrected chi connectivity index (χ1v) is 13.4. The summed E-state index contributed by atoms with van der Waals surface area (Å²) in [4.78, 5) is 11.8. The van der Waals surface area contributed by atoms with E-state index in [9.17, 15) is 15.0 Å². The molecule has 0 aromatic rings. The monoisotopic (exact) mass is 458 g/mol. The number of allylic oxidation sites excluding steroid dienone is 2. The molecule has 0 aromatic carbocycles. The number of esters is 1. The van der Waals surface area contributed by atoms with Gasteiger partial charge >= 0.3 is 5.97 Å². The highest BCUT2D eigenvalue weighted by Gasteiger charge is 2.62. The van der Waals surface area contributed by atoms with E-state index >= 15 is 0 Å². The van der Waals surface area contributed by atoms with Crippen LogP contribution in [0.3, 0.4) is 0 Å². The van der Waals surface area contributed by atoms with Crippen LogP contribution in [0.4, 0.5) is 0 Å². The number of fused-ring (bicyclic) bond motifs is 5. The summed E-state index contributed by atoms with van der Waals surface area (Å²) in [6.07, 6.45) is 13.0. The maximum Gasteiger partial charge on any atom is 0.302 e. The second-order valence-electron chi connectivity index (χ2n) is 12.4. The summed E-state index contributed by atoms with van der Waals surface area (Å²) in [5.74, 6) is 2.25. The molecule has 0 spiro atoms. The molecule has 4 rings (SSSR count). The average molecular weight is 459 g/mol. The summed E-state index contributed by atoms with van der Waals surface area (Å²) < 4.78 is 5.67. The predicted molar refractivity (Wildman–Crippen MR) is 131 cm³/mol. The summed E-state index contributed by atoms with van der Waals surface area (Å²) in [7, 11) is 0. The normalized spacial score (nSPS) is 42.9. The van der Waals surface area contributed by atoms with Gasteiger partial charge in [0.2, 0.25) is 0 Å². The van der Waals surface area contributed by atoms with Gasteiger partial charge in [0.25, 0.3) is 0 Å². The van der Waals surface area contributed by atoms with Gasteiger partial charge in [-0.2, -0.15) is 0 Å². The molecule has 3 fully saturated rings. The lowest BCUT2D eigenvalue weighted by atomic mass is 9.46. The quantitative estimate of drug-likeness (QED) is 0.389. The molecular weight excluding hydrogens is 412 g/mol. The minimum Gasteiger partial charge on any atom is -0.465 e. The van der Waals surface area contributed by atoms with Crippen molar-refractivity contribution in [2.75, 3.05) is 6.61 Å². The number of rotatable bonds is 6. The summed E-state index contributed by atoms with van der Waals surface area (Å²) in [6, 6.07) is 0. The predicted octanol–water partition coefficient (Wildman–Crippen LogP) is 5.82. The van der Waals surface area contributed by atoms with Crippen LogP contribution in [0.2, 0.25) is 0 Å². The molecule has 186 valence electrons. The molecule has 33 heavy (non-hydrogen) atoms. The van der Waals surface area contributed by atoms with Gasteiger partial charge in [-0.05, 0) is 107 Å². The highest BCUT2D eigenvalue weighted by Crippen LogP contribution is 2.67. The summed E-state index contributed by atoms with van der Waals surface area (Å²) in [6.45, 7) is 11.2. The Hall–Kier alpha value is -1.13. The number of hydrogen-bond acceptors (Lipinski definition) is 4. The van der Waals surface area contributed by atoms with Crippen molar-refractivity contribution >= 4 is 5.97 Å². The number of hydrogen-bond donors (Lipinski definition) is 2. The van der Waals surface area contributed by atoms with Gasteiger partial charge in [0.1, 0.15) is 6.61 Å². The smallest absolute Gasteiger partial charge is 0.302 e. The Bertz CT molecular complexity index is 795. The minimum absolute atomic E-state index is 0.205. The van der Waals surface area contributed by atoms with Crippen molar-refractivity contribution in [1.82, 2.24) is 0 Å². The molecule has 0 aromatic heterocycles. The van der Waals surface area contributed by atoms with Crippen LogP contribution in [0.1, 0.15) is 92.4 Å². The van der Waals surface area contributed by atoms with E-state index in [1.165, 1.54) is 38.2 Å². The number of carbonyl (C=O) groups is 1. The Morgan fingerprint density at radius 3 is 2.61 bits per heavy atom. The summed E-state index contributed by atoms with van der Waals surface area (Å²) in [5, 5.41) is 21.8. The molecule has 0 radical (unpaired) electrons. The molecule has 9 atom stereocenters. The van der Waals surface area contributed by atoms with Crippen molar-refractivity contribution in [3.63, 3.8) is 0 Å². The molecule has 0 saturated heterocycles. The summed E-state index contributed by atoms with van der Waals surface area (Å²) in [5.41, 5.74) is 2.61. The molecule has 4 aliphatic rings. The number of aliphatic hydroxyl groups is 2. The third kappa shape index (κ3) is 4.47. The van der Waals surface area contributed by atoms with Crippen LogP contribution >= 0.6 is 0 Å². The third-order valence-electron chi connectivity index (χ3n) is 10.3. The lowest BCUT2D eigenvalue weighted by molar-refractivity contribution is -0.153. The van der Waals surface area contributed by atoms with Crippen LogP contribution in [-0.4, -0.2) is 35.0 Å². The van der Waals surface area contributed by atoms with E-state index in [-0.39, 0.29) is 28.8 Å². The van der Waals surface area contributed by atoms with E-state index in [2.05, 4.69) is 39.8 Å². The van der Waals surface area contributed by atoms with E-state index < -0.39 is 6.10 Å².